The van der Waals surface area contributed by atoms with E-state index in [1.54, 1.807) is 48.8 Å². The highest BCUT2D eigenvalue weighted by molar-refractivity contribution is 7.90. The minimum absolute atomic E-state index is 0.197. The zero-order valence-electron chi connectivity index (χ0n) is 17.5. The van der Waals surface area contributed by atoms with E-state index in [0.717, 1.165) is 50.5 Å². The lowest BCUT2D eigenvalue weighted by atomic mass is 9.96. The van der Waals surface area contributed by atoms with E-state index in [1.807, 2.05) is 10.9 Å². The molecule has 0 amide bonds. The van der Waals surface area contributed by atoms with Crippen LogP contribution in [0.15, 0.2) is 66.1 Å². The molecule has 0 aliphatic carbocycles. The average molecular weight is 447 g/mol. The van der Waals surface area contributed by atoms with Gasteiger partial charge >= 0.3 is 0 Å². The summed E-state index contributed by atoms with van der Waals surface area (Å²) in [4.78, 5) is 6.87. The second-order valence-corrected chi connectivity index (χ2v) is 9.56. The largest absolute Gasteiger partial charge is 0.379 e. The van der Waals surface area contributed by atoms with Crippen LogP contribution in [0.25, 0.3) is 22.2 Å². The van der Waals surface area contributed by atoms with E-state index >= 15 is 0 Å². The van der Waals surface area contributed by atoms with Crippen LogP contribution >= 0.6 is 0 Å². The van der Waals surface area contributed by atoms with Gasteiger partial charge in [0.05, 0.1) is 30.9 Å². The van der Waals surface area contributed by atoms with E-state index in [2.05, 4.69) is 15.0 Å². The number of morpholine rings is 1. The fourth-order valence-corrected chi connectivity index (χ4v) is 5.25. The van der Waals surface area contributed by atoms with Crippen molar-refractivity contribution in [2.24, 2.45) is 0 Å². The first kappa shape index (κ1) is 20.9. The van der Waals surface area contributed by atoms with Crippen molar-refractivity contribution in [2.45, 2.75) is 11.4 Å². The Hall–Kier alpha value is -2.95. The third kappa shape index (κ3) is 3.97. The third-order valence-corrected chi connectivity index (χ3v) is 7.29. The van der Waals surface area contributed by atoms with Crippen LogP contribution in [-0.4, -0.2) is 72.7 Å². The third-order valence-electron chi connectivity index (χ3n) is 5.63. The molecule has 0 spiro atoms. The van der Waals surface area contributed by atoms with Crippen LogP contribution in [0.1, 0.15) is 0 Å². The van der Waals surface area contributed by atoms with Crippen molar-refractivity contribution in [3.63, 3.8) is 0 Å². The minimum Gasteiger partial charge on any atom is -0.379 e. The summed E-state index contributed by atoms with van der Waals surface area (Å²) in [6, 6.07) is 10.1. The van der Waals surface area contributed by atoms with E-state index in [-0.39, 0.29) is 4.90 Å². The van der Waals surface area contributed by atoms with Crippen LogP contribution in [0.3, 0.4) is 0 Å². The highest BCUT2D eigenvalue weighted by Gasteiger charge is 2.23. The van der Waals surface area contributed by atoms with Crippen LogP contribution < -0.4 is 5.46 Å². The normalized spacial score (nSPS) is 15.4. The van der Waals surface area contributed by atoms with Crippen molar-refractivity contribution < 1.29 is 13.2 Å². The topological polar surface area (TPSA) is 82.2 Å². The second-order valence-electron chi connectivity index (χ2n) is 7.74. The van der Waals surface area contributed by atoms with Gasteiger partial charge in [0.2, 0.25) is 0 Å². The van der Waals surface area contributed by atoms with Gasteiger partial charge in [-0.05, 0) is 12.1 Å². The Labute approximate surface area is 187 Å². The molecule has 1 aromatic carbocycles. The summed E-state index contributed by atoms with van der Waals surface area (Å²) in [5.74, 6) is 0. The summed E-state index contributed by atoms with van der Waals surface area (Å²) < 4.78 is 35.1. The number of pyridine rings is 1. The van der Waals surface area contributed by atoms with Crippen LogP contribution in [0.5, 0.6) is 0 Å². The minimum atomic E-state index is -3.82. The molecular formula is C22H22BN5O3S. The summed E-state index contributed by atoms with van der Waals surface area (Å²) in [6.07, 6.45) is 6.74. The average Bonchev–Trinajstić information content (AvgIpc) is 3.43. The molecular weight excluding hydrogens is 425 g/mol. The first-order chi connectivity index (χ1) is 15.5. The fraction of sp³-hybridized carbons (Fsp3) is 0.273. The van der Waals surface area contributed by atoms with E-state index in [4.69, 9.17) is 12.6 Å². The van der Waals surface area contributed by atoms with Gasteiger partial charge in [0.25, 0.3) is 10.0 Å². The smallest absolute Gasteiger partial charge is 0.269 e. The molecule has 1 aliphatic rings. The highest BCUT2D eigenvalue weighted by Crippen LogP contribution is 2.31. The number of fused-ring (bicyclic) bond motifs is 1. The molecule has 0 atom stereocenters. The van der Waals surface area contributed by atoms with Crippen molar-refractivity contribution in [2.75, 3.05) is 32.8 Å². The van der Waals surface area contributed by atoms with Gasteiger partial charge in [-0.1, -0.05) is 29.7 Å². The fourth-order valence-electron chi connectivity index (χ4n) is 3.91. The Morgan fingerprint density at radius 2 is 1.81 bits per heavy atom. The summed E-state index contributed by atoms with van der Waals surface area (Å²) >= 11 is 0. The SMILES string of the molecule is [B]c1cnc2c(c1)c(-c1cnn(CCN3CCOCC3)c1)cn2S(=O)(=O)c1ccccc1. The molecule has 0 N–H and O–H groups in total. The molecule has 10 heteroatoms. The summed E-state index contributed by atoms with van der Waals surface area (Å²) in [7, 11) is 2.16. The predicted molar refractivity (Wildman–Crippen MR) is 123 cm³/mol. The molecule has 4 aromatic rings. The van der Waals surface area contributed by atoms with Crippen LogP contribution in [-0.2, 0) is 21.3 Å². The molecule has 162 valence electrons. The van der Waals surface area contributed by atoms with Gasteiger partial charge < -0.3 is 4.74 Å². The van der Waals surface area contributed by atoms with Crippen molar-refractivity contribution in [3.8, 4) is 11.1 Å². The zero-order valence-corrected chi connectivity index (χ0v) is 18.3. The Bertz CT molecular complexity index is 1340. The Balaban J connectivity index is 1.51. The van der Waals surface area contributed by atoms with E-state index < -0.39 is 10.0 Å². The Kier molecular flexibility index (Phi) is 5.58. The van der Waals surface area contributed by atoms with Gasteiger partial charge in [-0.15, -0.1) is 0 Å². The number of hydrogen-bond acceptors (Lipinski definition) is 6. The maximum Gasteiger partial charge on any atom is 0.269 e. The van der Waals surface area contributed by atoms with E-state index in [0.29, 0.717) is 16.5 Å². The Morgan fingerprint density at radius 1 is 1.03 bits per heavy atom. The summed E-state index contributed by atoms with van der Waals surface area (Å²) in [6.45, 7) is 4.97. The number of aromatic nitrogens is 4. The molecule has 32 heavy (non-hydrogen) atoms. The lowest BCUT2D eigenvalue weighted by molar-refractivity contribution is 0.0360. The van der Waals surface area contributed by atoms with Crippen molar-refractivity contribution in [1.82, 2.24) is 23.6 Å². The highest BCUT2D eigenvalue weighted by atomic mass is 32.2. The molecule has 0 unspecified atom stereocenters. The molecule has 1 aliphatic heterocycles. The standard InChI is InChI=1S/C22H22BN5O3S/c23-18-12-20-21(17-13-25-27(15-17)7-6-26-8-10-31-11-9-26)16-28(22(20)24-14-18)32(29,30)19-4-2-1-3-5-19/h1-5,12-16H,6-11H2. The van der Waals surface area contributed by atoms with Gasteiger partial charge in [0.1, 0.15) is 7.85 Å². The monoisotopic (exact) mass is 447 g/mol. The maximum absolute atomic E-state index is 13.3. The van der Waals surface area contributed by atoms with Crippen LogP contribution in [0.2, 0.25) is 0 Å². The van der Waals surface area contributed by atoms with Crippen molar-refractivity contribution >= 4 is 34.4 Å². The second kappa shape index (κ2) is 8.53. The van der Waals surface area contributed by atoms with Crippen LogP contribution in [0.4, 0.5) is 0 Å². The quantitative estimate of drug-likeness (QED) is 0.414. The Morgan fingerprint density at radius 3 is 2.59 bits per heavy atom. The molecule has 1 saturated heterocycles. The molecule has 0 saturated carbocycles. The molecule has 2 radical (unpaired) electrons. The van der Waals surface area contributed by atoms with E-state index in [9.17, 15) is 8.42 Å². The number of hydrogen-bond donors (Lipinski definition) is 0. The first-order valence-electron chi connectivity index (χ1n) is 10.4. The van der Waals surface area contributed by atoms with Gasteiger partial charge in [0.15, 0.2) is 5.65 Å². The van der Waals surface area contributed by atoms with E-state index in [1.165, 1.54) is 10.2 Å². The number of rotatable bonds is 6. The summed E-state index contributed by atoms with van der Waals surface area (Å²) in [5, 5.41) is 5.15. The van der Waals surface area contributed by atoms with Gasteiger partial charge in [-0.2, -0.15) is 5.10 Å². The molecule has 3 aromatic heterocycles. The number of benzene rings is 1. The van der Waals surface area contributed by atoms with Gasteiger partial charge in [0, 0.05) is 54.7 Å². The predicted octanol–water partition coefficient (Wildman–Crippen LogP) is 1.26. The van der Waals surface area contributed by atoms with Crippen molar-refractivity contribution in [3.05, 3.63) is 61.2 Å². The number of nitrogens with zero attached hydrogens (tertiary/aromatic N) is 5. The first-order valence-corrected chi connectivity index (χ1v) is 11.9. The van der Waals surface area contributed by atoms with Crippen molar-refractivity contribution in [1.29, 1.82) is 0 Å². The molecule has 8 nitrogen and oxygen atoms in total. The molecule has 0 bridgehead atoms. The number of ether oxygens (including phenoxy) is 1. The molecule has 5 rings (SSSR count). The molecule has 1 fully saturated rings. The lowest BCUT2D eigenvalue weighted by Gasteiger charge is -2.26. The zero-order chi connectivity index (χ0) is 22.1. The maximum atomic E-state index is 13.3. The summed E-state index contributed by atoms with van der Waals surface area (Å²) in [5.41, 5.74) is 2.33. The lowest BCUT2D eigenvalue weighted by Crippen LogP contribution is -2.38. The molecule has 4 heterocycles. The van der Waals surface area contributed by atoms with Gasteiger partial charge in [-0.25, -0.2) is 17.4 Å². The van der Waals surface area contributed by atoms with Gasteiger partial charge in [-0.3, -0.25) is 9.58 Å². The van der Waals surface area contributed by atoms with Crippen LogP contribution in [0, 0.1) is 0 Å².